The van der Waals surface area contributed by atoms with E-state index < -0.39 is 0 Å². The number of hydrazone groups is 1. The maximum absolute atomic E-state index is 11.8. The molecule has 0 bridgehead atoms. The Kier molecular flexibility index (Phi) is 6.17. The first-order valence-corrected chi connectivity index (χ1v) is 7.31. The summed E-state index contributed by atoms with van der Waals surface area (Å²) in [5.74, 6) is 1.07. The lowest BCUT2D eigenvalue weighted by Crippen LogP contribution is -2.17. The zero-order chi connectivity index (χ0) is 16.5. The summed E-state index contributed by atoms with van der Waals surface area (Å²) >= 11 is 0. The van der Waals surface area contributed by atoms with Crippen LogP contribution in [0.5, 0.6) is 11.5 Å². The largest absolute Gasteiger partial charge is 0.493 e. The van der Waals surface area contributed by atoms with Gasteiger partial charge >= 0.3 is 0 Å². The minimum absolute atomic E-state index is 0.132. The number of nitrogens with one attached hydrogen (secondary N) is 1. The van der Waals surface area contributed by atoms with E-state index in [9.17, 15) is 4.79 Å². The smallest absolute Gasteiger partial charge is 0.240 e. The molecule has 0 fully saturated rings. The van der Waals surface area contributed by atoms with Gasteiger partial charge in [-0.3, -0.25) is 4.79 Å². The van der Waals surface area contributed by atoms with Crippen LogP contribution in [0, 0.1) is 0 Å². The molecule has 0 aliphatic carbocycles. The number of ether oxygens (including phenoxy) is 2. The Morgan fingerprint density at radius 3 is 2.57 bits per heavy atom. The summed E-state index contributed by atoms with van der Waals surface area (Å²) in [4.78, 5) is 11.8. The second-order valence-electron chi connectivity index (χ2n) is 4.86. The van der Waals surface area contributed by atoms with Gasteiger partial charge in [0.05, 0.1) is 20.4 Å². The average molecular weight is 312 g/mol. The number of nitrogens with zero attached hydrogens (tertiary/aromatic N) is 1. The number of hydrogen-bond donors (Lipinski definition) is 1. The lowest BCUT2D eigenvalue weighted by atomic mass is 10.1. The zero-order valence-corrected chi connectivity index (χ0v) is 13.3. The molecular formula is C18H20N2O3. The van der Waals surface area contributed by atoms with E-state index >= 15 is 0 Å². The molecule has 5 nitrogen and oxygen atoms in total. The van der Waals surface area contributed by atoms with Gasteiger partial charge in [0.25, 0.3) is 0 Å². The summed E-state index contributed by atoms with van der Waals surface area (Å²) in [6.45, 7) is 0. The van der Waals surface area contributed by atoms with Crippen molar-refractivity contribution in [1.82, 2.24) is 5.43 Å². The Balaban J connectivity index is 1.90. The molecule has 0 radical (unpaired) electrons. The van der Waals surface area contributed by atoms with Crippen LogP contribution in [0.1, 0.15) is 17.5 Å². The van der Waals surface area contributed by atoms with Gasteiger partial charge in [0, 0.05) is 12.0 Å². The molecule has 0 aliphatic rings. The number of para-hydroxylation sites is 1. The van der Waals surface area contributed by atoms with Crippen molar-refractivity contribution in [3.63, 3.8) is 0 Å². The van der Waals surface area contributed by atoms with E-state index in [1.54, 1.807) is 26.5 Å². The zero-order valence-electron chi connectivity index (χ0n) is 13.3. The lowest BCUT2D eigenvalue weighted by Gasteiger charge is -2.09. The molecule has 0 spiro atoms. The molecule has 0 saturated carbocycles. The van der Waals surface area contributed by atoms with Crippen LogP contribution in [-0.4, -0.2) is 26.3 Å². The molecule has 1 amide bonds. The van der Waals surface area contributed by atoms with Gasteiger partial charge in [-0.05, 0) is 24.1 Å². The van der Waals surface area contributed by atoms with Gasteiger partial charge in [-0.25, -0.2) is 5.43 Å². The maximum Gasteiger partial charge on any atom is 0.240 e. The van der Waals surface area contributed by atoms with Crippen molar-refractivity contribution in [3.05, 3.63) is 59.7 Å². The van der Waals surface area contributed by atoms with Crippen LogP contribution in [0.3, 0.4) is 0 Å². The predicted octanol–water partition coefficient (Wildman–Crippen LogP) is 2.79. The number of hydrogen-bond acceptors (Lipinski definition) is 4. The third-order valence-corrected chi connectivity index (χ3v) is 3.31. The Morgan fingerprint density at radius 1 is 1.09 bits per heavy atom. The molecule has 0 saturated heterocycles. The molecule has 0 atom stereocenters. The molecule has 5 heteroatoms. The summed E-state index contributed by atoms with van der Waals surface area (Å²) in [5, 5.41) is 3.98. The summed E-state index contributed by atoms with van der Waals surface area (Å²) in [6.07, 6.45) is 2.61. The standard InChI is InChI=1S/C18H20N2O3/c1-22-16-10-6-9-15(18(16)23-2)13-19-20-17(21)12-11-14-7-4-3-5-8-14/h3-10,13H,11-12H2,1-2H3,(H,20,21)/b19-13+. The molecule has 0 aliphatic heterocycles. The highest BCUT2D eigenvalue weighted by atomic mass is 16.5. The van der Waals surface area contributed by atoms with Crippen molar-refractivity contribution in [2.24, 2.45) is 5.10 Å². The third-order valence-electron chi connectivity index (χ3n) is 3.31. The van der Waals surface area contributed by atoms with Gasteiger partial charge in [-0.1, -0.05) is 36.4 Å². The van der Waals surface area contributed by atoms with Crippen molar-refractivity contribution < 1.29 is 14.3 Å². The fourth-order valence-corrected chi connectivity index (χ4v) is 2.15. The van der Waals surface area contributed by atoms with E-state index in [4.69, 9.17) is 9.47 Å². The van der Waals surface area contributed by atoms with Crippen LogP contribution < -0.4 is 14.9 Å². The number of carbonyl (C=O) groups excluding carboxylic acids is 1. The molecule has 2 aromatic carbocycles. The first-order chi connectivity index (χ1) is 11.2. The molecule has 1 N–H and O–H groups in total. The van der Waals surface area contributed by atoms with Crippen molar-refractivity contribution >= 4 is 12.1 Å². The highest BCUT2D eigenvalue weighted by Crippen LogP contribution is 2.29. The molecule has 2 aromatic rings. The fourth-order valence-electron chi connectivity index (χ4n) is 2.15. The van der Waals surface area contributed by atoms with Crippen molar-refractivity contribution in [2.75, 3.05) is 14.2 Å². The van der Waals surface area contributed by atoms with Gasteiger partial charge in [0.15, 0.2) is 11.5 Å². The van der Waals surface area contributed by atoms with Gasteiger partial charge in [-0.15, -0.1) is 0 Å². The van der Waals surface area contributed by atoms with E-state index in [1.807, 2.05) is 42.5 Å². The third kappa shape index (κ3) is 4.85. The summed E-state index contributed by atoms with van der Waals surface area (Å²) in [6, 6.07) is 15.3. The van der Waals surface area contributed by atoms with Gasteiger partial charge in [0.2, 0.25) is 5.91 Å². The molecule has 0 aromatic heterocycles. The topological polar surface area (TPSA) is 59.9 Å². The minimum atomic E-state index is -0.132. The molecule has 0 heterocycles. The van der Waals surface area contributed by atoms with Crippen molar-refractivity contribution in [1.29, 1.82) is 0 Å². The van der Waals surface area contributed by atoms with Crippen molar-refractivity contribution in [3.8, 4) is 11.5 Å². The highest BCUT2D eigenvalue weighted by molar-refractivity contribution is 5.86. The Bertz CT molecular complexity index is 669. The van der Waals surface area contributed by atoms with Crippen LogP contribution in [0.25, 0.3) is 0 Å². The van der Waals surface area contributed by atoms with Crippen LogP contribution in [0.15, 0.2) is 53.6 Å². The van der Waals surface area contributed by atoms with Gasteiger partial charge < -0.3 is 9.47 Å². The summed E-state index contributed by atoms with van der Waals surface area (Å²) in [5.41, 5.74) is 4.38. The predicted molar refractivity (Wildman–Crippen MR) is 90.0 cm³/mol. The molecule has 23 heavy (non-hydrogen) atoms. The second kappa shape index (κ2) is 8.58. The number of amides is 1. The quantitative estimate of drug-likeness (QED) is 0.632. The number of carbonyl (C=O) groups is 1. The van der Waals surface area contributed by atoms with Gasteiger partial charge in [0.1, 0.15) is 0 Å². The normalized spacial score (nSPS) is 10.5. The van der Waals surface area contributed by atoms with Crippen LogP contribution in [-0.2, 0) is 11.2 Å². The minimum Gasteiger partial charge on any atom is -0.493 e. The SMILES string of the molecule is COc1cccc(/C=N/NC(=O)CCc2ccccc2)c1OC. The molecule has 120 valence electrons. The van der Waals surface area contributed by atoms with Crippen LogP contribution >= 0.6 is 0 Å². The Hall–Kier alpha value is -2.82. The average Bonchev–Trinajstić information content (AvgIpc) is 2.60. The van der Waals surface area contributed by atoms with Crippen LogP contribution in [0.4, 0.5) is 0 Å². The fraction of sp³-hybridized carbons (Fsp3) is 0.222. The van der Waals surface area contributed by atoms with Gasteiger partial charge in [-0.2, -0.15) is 5.10 Å². The van der Waals surface area contributed by atoms with E-state index in [-0.39, 0.29) is 5.91 Å². The second-order valence-corrected chi connectivity index (χ2v) is 4.86. The first-order valence-electron chi connectivity index (χ1n) is 7.31. The molecular weight excluding hydrogens is 292 g/mol. The Morgan fingerprint density at radius 2 is 1.87 bits per heavy atom. The monoisotopic (exact) mass is 312 g/mol. The lowest BCUT2D eigenvalue weighted by molar-refractivity contribution is -0.121. The maximum atomic E-state index is 11.8. The summed E-state index contributed by atoms with van der Waals surface area (Å²) < 4.78 is 10.5. The van der Waals surface area contributed by atoms with E-state index in [2.05, 4.69) is 10.5 Å². The van der Waals surface area contributed by atoms with E-state index in [0.29, 0.717) is 24.3 Å². The summed E-state index contributed by atoms with van der Waals surface area (Å²) in [7, 11) is 3.14. The highest BCUT2D eigenvalue weighted by Gasteiger charge is 2.07. The van der Waals surface area contributed by atoms with E-state index in [0.717, 1.165) is 11.1 Å². The van der Waals surface area contributed by atoms with Crippen LogP contribution in [0.2, 0.25) is 0 Å². The Labute approximate surface area is 135 Å². The number of methoxy groups -OCH3 is 2. The molecule has 2 rings (SSSR count). The number of aryl methyl sites for hydroxylation is 1. The number of benzene rings is 2. The first kappa shape index (κ1) is 16.5. The molecule has 0 unspecified atom stereocenters. The van der Waals surface area contributed by atoms with E-state index in [1.165, 1.54) is 0 Å². The number of rotatable bonds is 7. The van der Waals surface area contributed by atoms with Crippen molar-refractivity contribution in [2.45, 2.75) is 12.8 Å².